The number of anilines is 1. The lowest BCUT2D eigenvalue weighted by Crippen LogP contribution is -2.26. The number of alkyl halides is 3. The van der Waals surface area contributed by atoms with Gasteiger partial charge in [-0.25, -0.2) is 4.79 Å². The summed E-state index contributed by atoms with van der Waals surface area (Å²) in [5, 5.41) is 2.90. The van der Waals surface area contributed by atoms with Crippen LogP contribution in [0.25, 0.3) is 0 Å². The van der Waals surface area contributed by atoms with Gasteiger partial charge < -0.3 is 8.92 Å². The number of rotatable bonds is 4. The predicted molar refractivity (Wildman–Crippen MR) is 123 cm³/mol. The molecule has 0 aromatic carbocycles. The van der Waals surface area contributed by atoms with Gasteiger partial charge in [0.05, 0.1) is 11.4 Å². The van der Waals surface area contributed by atoms with Crippen LogP contribution in [0.4, 0.5) is 10.5 Å². The van der Waals surface area contributed by atoms with Gasteiger partial charge in [-0.1, -0.05) is 55.6 Å². The molecule has 0 radical (unpaired) electrons. The molecule has 0 bridgehead atoms. The topological polar surface area (TPSA) is 60.5 Å². The van der Waals surface area contributed by atoms with Crippen LogP contribution >= 0.6 is 45.1 Å². The molecule has 164 valence electrons. The third kappa shape index (κ3) is 5.27. The van der Waals surface area contributed by atoms with Crippen LogP contribution in [-0.2, 0) is 28.2 Å². The minimum Gasteiger partial charge on any atom is -0.445 e. The second-order valence-corrected chi connectivity index (χ2v) is 15.3. The number of nitrogens with one attached hydrogen (secondary N) is 1. The van der Waals surface area contributed by atoms with Crippen LogP contribution in [0.1, 0.15) is 62.2 Å². The highest BCUT2D eigenvalue weighted by Crippen LogP contribution is 2.58. The van der Waals surface area contributed by atoms with Gasteiger partial charge in [-0.3, -0.25) is 10.3 Å². The molecular weight excluding hydrogens is 455 g/mol. The molecule has 0 saturated heterocycles. The van der Waals surface area contributed by atoms with Crippen molar-refractivity contribution in [2.45, 2.75) is 67.5 Å². The summed E-state index contributed by atoms with van der Waals surface area (Å²) >= 11 is 17.1. The number of nitrogens with zero attached hydrogens (tertiary/aromatic N) is 1. The highest BCUT2D eigenvalue weighted by molar-refractivity contribution is 8.29. The predicted octanol–water partition coefficient (Wildman–Crippen LogP) is 6.27. The van der Waals surface area contributed by atoms with E-state index in [-0.39, 0.29) is 17.5 Å². The summed E-state index contributed by atoms with van der Waals surface area (Å²) in [4.78, 5) is 17.3. The first kappa shape index (κ1) is 23.3. The van der Waals surface area contributed by atoms with Crippen LogP contribution in [0.15, 0.2) is 0 Å². The molecule has 1 heterocycles. The third-order valence-electron chi connectivity index (χ3n) is 5.74. The molecule has 2 aliphatic rings. The minimum atomic E-state index is -1.64. The maximum atomic E-state index is 12.3. The van der Waals surface area contributed by atoms with Gasteiger partial charge in [0.1, 0.15) is 12.7 Å². The summed E-state index contributed by atoms with van der Waals surface area (Å²) in [7, 11) is -1.29. The van der Waals surface area contributed by atoms with E-state index in [0.29, 0.717) is 0 Å². The molecule has 0 saturated carbocycles. The van der Waals surface area contributed by atoms with Gasteiger partial charge in [0.15, 0.2) is 0 Å². The Morgan fingerprint density at radius 1 is 1.17 bits per heavy atom. The summed E-state index contributed by atoms with van der Waals surface area (Å²) in [5.41, 5.74) is 4.95. The molecule has 1 N–H and O–H groups in total. The van der Waals surface area contributed by atoms with Gasteiger partial charge in [0, 0.05) is 16.0 Å². The summed E-state index contributed by atoms with van der Waals surface area (Å²) in [6.07, 6.45) is 8.20. The largest absolute Gasteiger partial charge is 0.445 e. The van der Waals surface area contributed by atoms with Crippen LogP contribution in [0, 0.1) is 0 Å². The van der Waals surface area contributed by atoms with Gasteiger partial charge >= 0.3 is 6.09 Å². The Morgan fingerprint density at radius 2 is 1.86 bits per heavy atom. The number of hydrogen-bond donors (Lipinski definition) is 1. The Morgan fingerprint density at radius 3 is 2.48 bits per heavy atom. The Bertz CT molecular complexity index is 804. The van der Waals surface area contributed by atoms with E-state index in [4.69, 9.17) is 48.7 Å². The molecule has 1 amide bonds. The van der Waals surface area contributed by atoms with Crippen molar-refractivity contribution >= 4 is 56.9 Å². The normalized spacial score (nSPS) is 19.7. The van der Waals surface area contributed by atoms with Gasteiger partial charge in [0.2, 0.25) is 3.79 Å². The molecule has 1 atom stereocenters. The molecule has 9 heteroatoms. The smallest absolute Gasteiger partial charge is 0.411 e. The fourth-order valence-corrected chi connectivity index (χ4v) is 4.76. The van der Waals surface area contributed by atoms with E-state index in [9.17, 15) is 4.79 Å². The Balaban J connectivity index is 1.87. The zero-order chi connectivity index (χ0) is 21.6. The minimum absolute atomic E-state index is 0.0575. The lowest BCUT2D eigenvalue weighted by Gasteiger charge is -2.45. The Labute approximate surface area is 189 Å². The van der Waals surface area contributed by atoms with Crippen molar-refractivity contribution in [3.05, 3.63) is 22.5 Å². The van der Waals surface area contributed by atoms with E-state index in [1.165, 1.54) is 0 Å². The molecule has 1 aromatic heterocycles. The van der Waals surface area contributed by atoms with E-state index in [1.807, 2.05) is 0 Å². The number of ether oxygens (including phenoxy) is 1. The Hall–Kier alpha value is -0.400. The lowest BCUT2D eigenvalue weighted by atomic mass is 10.1. The average Bonchev–Trinajstić information content (AvgIpc) is 3.18. The lowest BCUT2D eigenvalue weighted by molar-refractivity contribution is 0.164. The first-order valence-electron chi connectivity index (χ1n) is 9.75. The van der Waals surface area contributed by atoms with Crippen LogP contribution in [0.5, 0.6) is 0 Å². The number of amides is 1. The fourth-order valence-electron chi connectivity index (χ4n) is 3.54. The number of hydrogen-bond acceptors (Lipinski definition) is 4. The number of fused-ring (bicyclic) bond motifs is 2. The zero-order valence-electron chi connectivity index (χ0n) is 17.5. The number of carbonyl (C=O) groups is 1. The molecule has 0 fully saturated rings. The van der Waals surface area contributed by atoms with E-state index < -0.39 is 20.2 Å². The van der Waals surface area contributed by atoms with Crippen molar-refractivity contribution in [3.8, 4) is 0 Å². The standard InChI is InChI=1S/C20H29Cl3N2O3S/c1-19(2,3)29(4,5)28-15-10-9-13-16(25-18(26)27-11-20(21,22)23)12-7-6-8-14(12)24-17(13)15/h15H,6-11H2,1-5H3,(H,24,25,26). The van der Waals surface area contributed by atoms with E-state index in [1.54, 1.807) is 0 Å². The van der Waals surface area contributed by atoms with Crippen molar-refractivity contribution in [2.75, 3.05) is 24.4 Å². The second-order valence-electron chi connectivity index (χ2n) is 8.91. The van der Waals surface area contributed by atoms with Gasteiger partial charge in [-0.15, -0.1) is 10.3 Å². The van der Waals surface area contributed by atoms with Gasteiger partial charge in [-0.05, 0) is 50.2 Å². The number of carbonyl (C=O) groups excluding carboxylic acids is 1. The molecule has 0 spiro atoms. The van der Waals surface area contributed by atoms with Crippen molar-refractivity contribution < 1.29 is 13.7 Å². The molecule has 3 rings (SSSR count). The highest BCUT2D eigenvalue weighted by atomic mass is 35.6. The van der Waals surface area contributed by atoms with Gasteiger partial charge in [0.25, 0.3) is 0 Å². The molecule has 0 aliphatic heterocycles. The molecule has 2 aliphatic carbocycles. The fraction of sp³-hybridized carbons (Fsp3) is 0.700. The second kappa shape index (κ2) is 8.27. The van der Waals surface area contributed by atoms with Crippen LogP contribution in [-0.4, -0.2) is 38.7 Å². The number of aryl methyl sites for hydroxylation is 1. The maximum absolute atomic E-state index is 12.3. The molecule has 1 aromatic rings. The summed E-state index contributed by atoms with van der Waals surface area (Å²) in [5.74, 6) is 0. The Kier molecular flexibility index (Phi) is 6.63. The van der Waals surface area contributed by atoms with Gasteiger partial charge in [-0.2, -0.15) is 0 Å². The van der Waals surface area contributed by atoms with Crippen LogP contribution < -0.4 is 5.32 Å². The molecule has 5 nitrogen and oxygen atoms in total. The van der Waals surface area contributed by atoms with Crippen molar-refractivity contribution in [1.82, 2.24) is 4.98 Å². The van der Waals surface area contributed by atoms with Crippen LogP contribution in [0.3, 0.4) is 0 Å². The van der Waals surface area contributed by atoms with Crippen molar-refractivity contribution in [2.24, 2.45) is 0 Å². The summed E-state index contributed by atoms with van der Waals surface area (Å²) < 4.78 is 10.1. The molecular formula is C20H29Cl3N2O3S. The number of halogens is 3. The van der Waals surface area contributed by atoms with E-state index >= 15 is 0 Å². The quantitative estimate of drug-likeness (QED) is 0.513. The zero-order valence-corrected chi connectivity index (χ0v) is 20.6. The van der Waals surface area contributed by atoms with E-state index in [2.05, 4.69) is 38.6 Å². The molecule has 1 unspecified atom stereocenters. The maximum Gasteiger partial charge on any atom is 0.411 e. The van der Waals surface area contributed by atoms with E-state index in [0.717, 1.165) is 60.3 Å². The summed E-state index contributed by atoms with van der Waals surface area (Å²) in [6.45, 7) is 6.32. The van der Waals surface area contributed by atoms with Crippen molar-refractivity contribution in [3.63, 3.8) is 0 Å². The van der Waals surface area contributed by atoms with Crippen LogP contribution in [0.2, 0.25) is 0 Å². The first-order valence-corrected chi connectivity index (χ1v) is 13.3. The number of pyridine rings is 1. The number of aromatic nitrogens is 1. The third-order valence-corrected chi connectivity index (χ3v) is 9.73. The SMILES string of the molecule is CC(C)(C)S(C)(C)OC1CCc2c1nc1c(c2NC(=O)OCC(Cl)(Cl)Cl)CCC1. The monoisotopic (exact) mass is 482 g/mol. The summed E-state index contributed by atoms with van der Waals surface area (Å²) in [6, 6.07) is 0. The van der Waals surface area contributed by atoms with Crippen molar-refractivity contribution in [1.29, 1.82) is 0 Å². The average molecular weight is 484 g/mol. The molecule has 29 heavy (non-hydrogen) atoms. The highest BCUT2D eigenvalue weighted by Gasteiger charge is 2.38. The first-order chi connectivity index (χ1) is 13.3.